The van der Waals surface area contributed by atoms with E-state index in [0.717, 1.165) is 33.9 Å². The molecule has 0 aliphatic carbocycles. The number of hydrogen-bond donors (Lipinski definition) is 1. The Hall–Kier alpha value is -3.28. The number of benzene rings is 1. The molecule has 6 nitrogen and oxygen atoms in total. The number of aryl methyl sites for hydroxylation is 1. The summed E-state index contributed by atoms with van der Waals surface area (Å²) in [6, 6.07) is 5.99. The average molecular weight is 375 g/mol. The Bertz CT molecular complexity index is 986. The molecule has 0 spiro atoms. The van der Waals surface area contributed by atoms with Crippen LogP contribution in [0.1, 0.15) is 32.2 Å². The fourth-order valence-electron chi connectivity index (χ4n) is 3.11. The van der Waals surface area contributed by atoms with Crippen molar-refractivity contribution in [1.82, 2.24) is 15.3 Å². The minimum absolute atomic E-state index is 0.0226. The fourth-order valence-corrected chi connectivity index (χ4v) is 3.11. The first kappa shape index (κ1) is 19.5. The number of nitrogens with zero attached hydrogens (tertiary/aromatic N) is 4. The van der Waals surface area contributed by atoms with Crippen molar-refractivity contribution in [3.8, 4) is 11.1 Å². The van der Waals surface area contributed by atoms with E-state index in [0.29, 0.717) is 5.70 Å². The van der Waals surface area contributed by atoms with Crippen molar-refractivity contribution in [2.45, 2.75) is 33.1 Å². The quantitative estimate of drug-likeness (QED) is 0.808. The normalized spacial score (nSPS) is 15.8. The number of fused-ring (bicyclic) bond motifs is 1. The molecule has 2 aromatic rings. The van der Waals surface area contributed by atoms with Gasteiger partial charge in [-0.25, -0.2) is 9.97 Å². The molecule has 0 radical (unpaired) electrons. The third-order valence-corrected chi connectivity index (χ3v) is 4.94. The number of nitrogens with one attached hydrogen (secondary N) is 1. The van der Waals surface area contributed by atoms with Crippen LogP contribution in [0.5, 0.6) is 0 Å². The van der Waals surface area contributed by atoms with Gasteiger partial charge in [0.2, 0.25) is 5.91 Å². The van der Waals surface area contributed by atoms with E-state index in [1.165, 1.54) is 0 Å². The van der Waals surface area contributed by atoms with Gasteiger partial charge in [0.25, 0.3) is 0 Å². The van der Waals surface area contributed by atoms with Gasteiger partial charge in [-0.2, -0.15) is 0 Å². The molecule has 1 amide bonds. The minimum atomic E-state index is -0.634. The van der Waals surface area contributed by atoms with Crippen LogP contribution >= 0.6 is 0 Å². The van der Waals surface area contributed by atoms with Gasteiger partial charge in [-0.1, -0.05) is 18.7 Å². The first-order valence-electron chi connectivity index (χ1n) is 9.10. The van der Waals surface area contributed by atoms with Gasteiger partial charge < -0.3 is 5.32 Å². The predicted molar refractivity (Wildman–Crippen MR) is 113 cm³/mol. The number of amides is 1. The summed E-state index contributed by atoms with van der Waals surface area (Å²) in [5.41, 5.74) is 4.44. The molecular formula is C22H25N5O. The molecule has 0 atom stereocenters. The second kappa shape index (κ2) is 7.38. The first-order valence-corrected chi connectivity index (χ1v) is 9.10. The zero-order valence-electron chi connectivity index (χ0n) is 16.9. The Morgan fingerprint density at radius 3 is 2.57 bits per heavy atom. The monoisotopic (exact) mass is 375 g/mol. The lowest BCUT2D eigenvalue weighted by molar-refractivity contribution is -0.121. The molecular weight excluding hydrogens is 350 g/mol. The summed E-state index contributed by atoms with van der Waals surface area (Å²) < 4.78 is 0. The summed E-state index contributed by atoms with van der Waals surface area (Å²) in [6.07, 6.45) is 6.87. The number of carbonyl (C=O) groups excluding carboxylic acids is 1. The van der Waals surface area contributed by atoms with Gasteiger partial charge in [0.15, 0.2) is 0 Å². The smallest absolute Gasteiger partial charge is 0.241 e. The van der Waals surface area contributed by atoms with Crippen molar-refractivity contribution in [1.29, 1.82) is 0 Å². The number of hydrogen-bond acceptors (Lipinski definition) is 5. The van der Waals surface area contributed by atoms with E-state index in [4.69, 9.17) is 0 Å². The number of aromatic nitrogens is 2. The Morgan fingerprint density at radius 2 is 1.93 bits per heavy atom. The van der Waals surface area contributed by atoms with E-state index in [1.807, 2.05) is 52.9 Å². The Labute approximate surface area is 165 Å². The van der Waals surface area contributed by atoms with Gasteiger partial charge in [0.05, 0.1) is 23.0 Å². The van der Waals surface area contributed by atoms with Crippen molar-refractivity contribution < 1.29 is 4.79 Å². The lowest BCUT2D eigenvalue weighted by Gasteiger charge is -2.20. The molecule has 0 fully saturated rings. The standard InChI is InChI=1S/C22H25N5O/c1-14(23-6)10-24-11-15(2)27-20-9-17(18-12-25-16(3)26-13-18)7-8-19(20)22(4,5)21(27)28/h7-13,23H,2H2,1,3-6H3/b14-10+,24-11?. The highest BCUT2D eigenvalue weighted by Crippen LogP contribution is 2.44. The summed E-state index contributed by atoms with van der Waals surface area (Å²) in [6.45, 7) is 11.7. The molecule has 0 unspecified atom stereocenters. The molecule has 1 N–H and O–H groups in total. The van der Waals surface area contributed by atoms with Crippen molar-refractivity contribution in [2.75, 3.05) is 11.9 Å². The summed E-state index contributed by atoms with van der Waals surface area (Å²) in [5.74, 6) is 0.697. The average Bonchev–Trinajstić information content (AvgIpc) is 2.87. The zero-order valence-corrected chi connectivity index (χ0v) is 16.9. The molecule has 1 aliphatic rings. The van der Waals surface area contributed by atoms with Crippen molar-refractivity contribution >= 4 is 17.8 Å². The predicted octanol–water partition coefficient (Wildman–Crippen LogP) is 3.74. The molecule has 28 heavy (non-hydrogen) atoms. The Balaban J connectivity index is 2.02. The maximum absolute atomic E-state index is 13.1. The molecule has 1 aromatic carbocycles. The first-order chi connectivity index (χ1) is 13.3. The lowest BCUT2D eigenvalue weighted by atomic mass is 9.85. The zero-order chi connectivity index (χ0) is 20.5. The van der Waals surface area contributed by atoms with Gasteiger partial charge in [0, 0.05) is 36.9 Å². The number of allylic oxidation sites excluding steroid dienone is 2. The Kier molecular flexibility index (Phi) is 5.14. The summed E-state index contributed by atoms with van der Waals surface area (Å²) in [4.78, 5) is 27.6. The largest absolute Gasteiger partial charge is 0.390 e. The number of rotatable bonds is 5. The van der Waals surface area contributed by atoms with Crippen LogP contribution in [0.2, 0.25) is 0 Å². The molecule has 0 saturated heterocycles. The minimum Gasteiger partial charge on any atom is -0.390 e. The maximum atomic E-state index is 13.1. The topological polar surface area (TPSA) is 70.5 Å². The number of carbonyl (C=O) groups is 1. The van der Waals surface area contributed by atoms with Crippen LogP contribution in [0.4, 0.5) is 5.69 Å². The van der Waals surface area contributed by atoms with Crippen LogP contribution in [0.25, 0.3) is 11.1 Å². The maximum Gasteiger partial charge on any atom is 0.241 e. The molecule has 0 bridgehead atoms. The highest BCUT2D eigenvalue weighted by Gasteiger charge is 2.44. The van der Waals surface area contributed by atoms with Crippen LogP contribution in [-0.4, -0.2) is 29.1 Å². The van der Waals surface area contributed by atoms with Gasteiger partial charge >= 0.3 is 0 Å². The van der Waals surface area contributed by atoms with E-state index in [2.05, 4.69) is 26.9 Å². The molecule has 2 heterocycles. The molecule has 1 aliphatic heterocycles. The van der Waals surface area contributed by atoms with Crippen molar-refractivity contribution in [3.05, 3.63) is 66.2 Å². The summed E-state index contributed by atoms with van der Waals surface area (Å²) in [7, 11) is 1.83. The fraction of sp³-hybridized carbons (Fsp3) is 0.273. The second-order valence-electron chi connectivity index (χ2n) is 7.35. The molecule has 3 rings (SSSR count). The van der Waals surface area contributed by atoms with Crippen LogP contribution in [-0.2, 0) is 10.2 Å². The van der Waals surface area contributed by atoms with Crippen molar-refractivity contribution in [3.63, 3.8) is 0 Å². The summed E-state index contributed by atoms with van der Waals surface area (Å²) >= 11 is 0. The van der Waals surface area contributed by atoms with Gasteiger partial charge in [0.1, 0.15) is 5.82 Å². The third kappa shape index (κ3) is 3.45. The Morgan fingerprint density at radius 1 is 1.25 bits per heavy atom. The lowest BCUT2D eigenvalue weighted by Crippen LogP contribution is -2.35. The van der Waals surface area contributed by atoms with E-state index in [1.54, 1.807) is 29.7 Å². The highest BCUT2D eigenvalue weighted by molar-refractivity contribution is 6.13. The van der Waals surface area contributed by atoms with Crippen LogP contribution in [0.15, 0.2) is 59.8 Å². The van der Waals surface area contributed by atoms with Crippen LogP contribution in [0.3, 0.4) is 0 Å². The van der Waals surface area contributed by atoms with E-state index in [9.17, 15) is 4.79 Å². The number of anilines is 1. The number of aliphatic imine (C=N–C) groups is 1. The van der Waals surface area contributed by atoms with E-state index < -0.39 is 5.41 Å². The molecule has 0 saturated carbocycles. The summed E-state index contributed by atoms with van der Waals surface area (Å²) in [5, 5.41) is 3.00. The van der Waals surface area contributed by atoms with E-state index in [-0.39, 0.29) is 5.91 Å². The molecule has 6 heteroatoms. The van der Waals surface area contributed by atoms with Gasteiger partial charge in [-0.15, -0.1) is 0 Å². The van der Waals surface area contributed by atoms with Gasteiger partial charge in [-0.05, 0) is 44.9 Å². The molecule has 144 valence electrons. The van der Waals surface area contributed by atoms with Gasteiger partial charge in [-0.3, -0.25) is 14.7 Å². The highest BCUT2D eigenvalue weighted by atomic mass is 16.2. The molecule has 1 aromatic heterocycles. The van der Waals surface area contributed by atoms with Crippen LogP contribution < -0.4 is 10.2 Å². The van der Waals surface area contributed by atoms with E-state index >= 15 is 0 Å². The third-order valence-electron chi connectivity index (χ3n) is 4.94. The van der Waals surface area contributed by atoms with Crippen LogP contribution in [0, 0.1) is 6.92 Å². The SMILES string of the molecule is C=C(C=N/C=C(\C)NC)N1C(=O)C(C)(C)c2ccc(-c3cnc(C)nc3)cc21. The van der Waals surface area contributed by atoms with Crippen molar-refractivity contribution in [2.24, 2.45) is 4.99 Å². The second-order valence-corrected chi connectivity index (χ2v) is 7.35.